The lowest BCUT2D eigenvalue weighted by Crippen LogP contribution is -2.27. The van der Waals surface area contributed by atoms with Crippen LogP contribution in [-0.2, 0) is 9.47 Å². The zero-order valence-electron chi connectivity index (χ0n) is 10.8. The Labute approximate surface area is 102 Å². The van der Waals surface area contributed by atoms with Gasteiger partial charge in [0.25, 0.3) is 0 Å². The molecule has 0 amide bonds. The summed E-state index contributed by atoms with van der Waals surface area (Å²) in [4.78, 5) is 8.45. The summed E-state index contributed by atoms with van der Waals surface area (Å²) >= 11 is 0. The summed E-state index contributed by atoms with van der Waals surface area (Å²) in [6, 6.07) is 0. The predicted octanol–water partition coefficient (Wildman–Crippen LogP) is 0.900. The van der Waals surface area contributed by atoms with Crippen molar-refractivity contribution in [3.63, 3.8) is 0 Å². The molecular weight excluding hydrogens is 220 g/mol. The van der Waals surface area contributed by atoms with Crippen LogP contribution in [0.3, 0.4) is 0 Å². The lowest BCUT2D eigenvalue weighted by molar-refractivity contribution is 0.0365. The van der Waals surface area contributed by atoms with Gasteiger partial charge in [-0.1, -0.05) is 0 Å². The number of hydrogen-bond donors (Lipinski definition) is 2. The molecule has 0 spiro atoms. The molecule has 0 aliphatic rings. The maximum Gasteiger partial charge on any atom is 0.224 e. The van der Waals surface area contributed by atoms with Gasteiger partial charge in [0.05, 0.1) is 12.7 Å². The normalized spacial score (nSPS) is 12.2. The molecule has 0 saturated heterocycles. The Bertz CT molecular complexity index is 346. The zero-order chi connectivity index (χ0) is 12.7. The monoisotopic (exact) mass is 240 g/mol. The molecule has 0 radical (unpaired) electrons. The highest BCUT2D eigenvalue weighted by molar-refractivity contribution is 5.46. The molecule has 1 atom stereocenters. The van der Waals surface area contributed by atoms with Crippen molar-refractivity contribution in [1.29, 1.82) is 0 Å². The van der Waals surface area contributed by atoms with Gasteiger partial charge in [-0.15, -0.1) is 0 Å². The molecule has 1 aromatic rings. The summed E-state index contributed by atoms with van der Waals surface area (Å²) in [5.74, 6) is 1.40. The minimum absolute atomic E-state index is 0.00685. The molecule has 0 aliphatic heterocycles. The van der Waals surface area contributed by atoms with E-state index in [0.29, 0.717) is 19.1 Å². The van der Waals surface area contributed by atoms with E-state index in [1.54, 1.807) is 27.5 Å². The van der Waals surface area contributed by atoms with Crippen molar-refractivity contribution < 1.29 is 9.47 Å². The van der Waals surface area contributed by atoms with Gasteiger partial charge in [0.15, 0.2) is 0 Å². The van der Waals surface area contributed by atoms with Crippen LogP contribution in [0.1, 0.15) is 5.56 Å². The third-order valence-electron chi connectivity index (χ3n) is 2.38. The fourth-order valence-corrected chi connectivity index (χ4v) is 1.35. The number of methoxy groups -OCH3 is 2. The number of rotatable bonds is 7. The van der Waals surface area contributed by atoms with Crippen LogP contribution in [0.5, 0.6) is 0 Å². The van der Waals surface area contributed by atoms with Gasteiger partial charge >= 0.3 is 0 Å². The molecule has 17 heavy (non-hydrogen) atoms. The van der Waals surface area contributed by atoms with Crippen LogP contribution in [-0.4, -0.2) is 50.5 Å². The lowest BCUT2D eigenvalue weighted by atomic mass is 10.3. The van der Waals surface area contributed by atoms with Gasteiger partial charge in [-0.25, -0.2) is 4.98 Å². The minimum Gasteiger partial charge on any atom is -0.382 e. The summed E-state index contributed by atoms with van der Waals surface area (Å²) in [6.45, 7) is 3.15. The quantitative estimate of drug-likeness (QED) is 0.738. The number of aryl methyl sites for hydroxylation is 1. The molecule has 0 saturated carbocycles. The standard InChI is InChI=1S/C11H20N4O2/c1-8-5-14-11(12-2)15-10(8)13-6-9(17-4)7-16-3/h5,9H,6-7H2,1-4H3,(H2,12,13,14,15). The van der Waals surface area contributed by atoms with Crippen LogP contribution >= 0.6 is 0 Å². The van der Waals surface area contributed by atoms with E-state index in [-0.39, 0.29) is 6.10 Å². The maximum atomic E-state index is 5.26. The summed E-state index contributed by atoms with van der Waals surface area (Å²) in [5, 5.41) is 6.13. The molecule has 1 rings (SSSR count). The van der Waals surface area contributed by atoms with Crippen molar-refractivity contribution in [2.45, 2.75) is 13.0 Å². The average Bonchev–Trinajstić information content (AvgIpc) is 2.36. The Morgan fingerprint density at radius 3 is 2.76 bits per heavy atom. The molecule has 0 aromatic carbocycles. The van der Waals surface area contributed by atoms with Crippen molar-refractivity contribution in [2.24, 2.45) is 0 Å². The number of ether oxygens (including phenoxy) is 2. The van der Waals surface area contributed by atoms with Gasteiger partial charge in [0.1, 0.15) is 5.82 Å². The van der Waals surface area contributed by atoms with Gasteiger partial charge in [0.2, 0.25) is 5.95 Å². The predicted molar refractivity (Wildman–Crippen MR) is 67.5 cm³/mol. The topological polar surface area (TPSA) is 68.3 Å². The molecule has 0 aliphatic carbocycles. The molecule has 1 heterocycles. The van der Waals surface area contributed by atoms with Crippen molar-refractivity contribution >= 4 is 11.8 Å². The van der Waals surface area contributed by atoms with E-state index >= 15 is 0 Å². The molecule has 1 aromatic heterocycles. The molecule has 2 N–H and O–H groups in total. The fourth-order valence-electron chi connectivity index (χ4n) is 1.35. The average molecular weight is 240 g/mol. The number of nitrogens with zero attached hydrogens (tertiary/aromatic N) is 2. The molecule has 1 unspecified atom stereocenters. The van der Waals surface area contributed by atoms with Crippen molar-refractivity contribution in [2.75, 3.05) is 45.1 Å². The second kappa shape index (κ2) is 7.03. The second-order valence-electron chi connectivity index (χ2n) is 3.67. The van der Waals surface area contributed by atoms with Gasteiger partial charge in [-0.2, -0.15) is 4.98 Å². The van der Waals surface area contributed by atoms with E-state index in [1.807, 2.05) is 6.92 Å². The van der Waals surface area contributed by atoms with Crippen LogP contribution < -0.4 is 10.6 Å². The first kappa shape index (κ1) is 13.7. The molecule has 96 valence electrons. The van der Waals surface area contributed by atoms with E-state index < -0.39 is 0 Å². The number of anilines is 2. The lowest BCUT2D eigenvalue weighted by Gasteiger charge is -2.16. The third-order valence-corrected chi connectivity index (χ3v) is 2.38. The van der Waals surface area contributed by atoms with E-state index in [2.05, 4.69) is 20.6 Å². The second-order valence-corrected chi connectivity index (χ2v) is 3.67. The van der Waals surface area contributed by atoms with Crippen molar-refractivity contribution in [1.82, 2.24) is 9.97 Å². The highest BCUT2D eigenvalue weighted by atomic mass is 16.5. The maximum absolute atomic E-state index is 5.26. The summed E-state index contributed by atoms with van der Waals surface area (Å²) in [5.41, 5.74) is 0.997. The van der Waals surface area contributed by atoms with Gasteiger partial charge in [-0.05, 0) is 6.92 Å². The van der Waals surface area contributed by atoms with Gasteiger partial charge < -0.3 is 20.1 Å². The van der Waals surface area contributed by atoms with Crippen LogP contribution in [0.2, 0.25) is 0 Å². The van der Waals surface area contributed by atoms with Gasteiger partial charge in [0, 0.05) is 39.6 Å². The first-order valence-corrected chi connectivity index (χ1v) is 5.48. The van der Waals surface area contributed by atoms with Crippen molar-refractivity contribution in [3.05, 3.63) is 11.8 Å². The molecule has 6 nitrogen and oxygen atoms in total. The Kier molecular flexibility index (Phi) is 5.65. The minimum atomic E-state index is 0.00685. The largest absolute Gasteiger partial charge is 0.382 e. The van der Waals surface area contributed by atoms with E-state index in [4.69, 9.17) is 9.47 Å². The smallest absolute Gasteiger partial charge is 0.224 e. The molecular formula is C11H20N4O2. The Balaban J connectivity index is 2.60. The van der Waals surface area contributed by atoms with E-state index in [0.717, 1.165) is 11.4 Å². The Hall–Kier alpha value is -1.40. The third kappa shape index (κ3) is 4.16. The fraction of sp³-hybridized carbons (Fsp3) is 0.636. The van der Waals surface area contributed by atoms with Crippen LogP contribution in [0.15, 0.2) is 6.20 Å². The highest BCUT2D eigenvalue weighted by Crippen LogP contribution is 2.12. The Morgan fingerprint density at radius 2 is 2.18 bits per heavy atom. The molecule has 0 bridgehead atoms. The highest BCUT2D eigenvalue weighted by Gasteiger charge is 2.08. The van der Waals surface area contributed by atoms with E-state index in [9.17, 15) is 0 Å². The van der Waals surface area contributed by atoms with Crippen LogP contribution in [0.4, 0.5) is 11.8 Å². The number of hydrogen-bond acceptors (Lipinski definition) is 6. The Morgan fingerprint density at radius 1 is 1.41 bits per heavy atom. The van der Waals surface area contributed by atoms with E-state index in [1.165, 1.54) is 0 Å². The van der Waals surface area contributed by atoms with Crippen LogP contribution in [0, 0.1) is 6.92 Å². The SMILES string of the molecule is CNc1ncc(C)c(NCC(COC)OC)n1. The number of nitrogens with one attached hydrogen (secondary N) is 2. The first-order valence-electron chi connectivity index (χ1n) is 5.48. The zero-order valence-corrected chi connectivity index (χ0v) is 10.8. The van der Waals surface area contributed by atoms with Gasteiger partial charge in [-0.3, -0.25) is 0 Å². The van der Waals surface area contributed by atoms with Crippen molar-refractivity contribution in [3.8, 4) is 0 Å². The first-order chi connectivity index (χ1) is 8.21. The van der Waals surface area contributed by atoms with Crippen LogP contribution in [0.25, 0.3) is 0 Å². The summed E-state index contributed by atoms with van der Waals surface area (Å²) < 4.78 is 10.3. The summed E-state index contributed by atoms with van der Waals surface area (Å²) in [7, 11) is 5.11. The molecule has 0 fully saturated rings. The molecule has 6 heteroatoms. The number of aromatic nitrogens is 2. The summed E-state index contributed by atoms with van der Waals surface area (Å²) in [6.07, 6.45) is 1.78.